The number of anilines is 1. The van der Waals surface area contributed by atoms with E-state index >= 15 is 0 Å². The second kappa shape index (κ2) is 5.94. The molecular formula is C16H25N5O. The first-order chi connectivity index (χ1) is 10.2. The molecule has 1 N–H and O–H groups in total. The molecule has 0 spiro atoms. The number of rotatable bonds is 4. The molecule has 0 saturated carbocycles. The number of hydrogen-bond donors (Lipinski definition) is 1. The Hall–Kier alpha value is -2.11. The fourth-order valence-corrected chi connectivity index (χ4v) is 2.39. The Balaban J connectivity index is 2.15. The Bertz CT molecular complexity index is 660. The molecule has 0 aliphatic carbocycles. The minimum absolute atomic E-state index is 0.0784. The van der Waals surface area contributed by atoms with Gasteiger partial charge < -0.3 is 9.88 Å². The normalized spacial score (nSPS) is 12.0. The SMILES string of the molecule is Cc1cc(NC(=O)Cn2ccnc2C(C)C)n(C(C)(C)C)n1. The van der Waals surface area contributed by atoms with Crippen LogP contribution in [0.4, 0.5) is 5.82 Å². The van der Waals surface area contributed by atoms with Crippen LogP contribution in [0.5, 0.6) is 0 Å². The summed E-state index contributed by atoms with van der Waals surface area (Å²) in [6, 6.07) is 1.89. The molecule has 0 aliphatic heterocycles. The van der Waals surface area contributed by atoms with E-state index in [0.717, 1.165) is 17.3 Å². The first-order valence-corrected chi connectivity index (χ1v) is 7.56. The van der Waals surface area contributed by atoms with E-state index in [0.29, 0.717) is 0 Å². The fraction of sp³-hybridized carbons (Fsp3) is 0.562. The topological polar surface area (TPSA) is 64.7 Å². The molecule has 2 aromatic heterocycles. The molecule has 2 aromatic rings. The smallest absolute Gasteiger partial charge is 0.245 e. The first kappa shape index (κ1) is 16.3. The molecule has 0 aliphatic rings. The van der Waals surface area contributed by atoms with Crippen molar-refractivity contribution in [3.05, 3.63) is 30.0 Å². The second-order valence-corrected chi connectivity index (χ2v) is 6.87. The molecule has 0 aromatic carbocycles. The fourth-order valence-electron chi connectivity index (χ4n) is 2.39. The van der Waals surface area contributed by atoms with Crippen LogP contribution in [-0.4, -0.2) is 25.2 Å². The van der Waals surface area contributed by atoms with Crippen molar-refractivity contribution < 1.29 is 4.79 Å². The summed E-state index contributed by atoms with van der Waals surface area (Å²) in [6.45, 7) is 12.5. The highest BCUT2D eigenvalue weighted by molar-refractivity contribution is 5.89. The quantitative estimate of drug-likeness (QED) is 0.944. The zero-order chi connectivity index (χ0) is 16.5. The van der Waals surface area contributed by atoms with E-state index in [9.17, 15) is 4.79 Å². The highest BCUT2D eigenvalue weighted by Crippen LogP contribution is 2.21. The number of carbonyl (C=O) groups excluding carboxylic acids is 1. The summed E-state index contributed by atoms with van der Waals surface area (Å²) in [6.07, 6.45) is 3.56. The Labute approximate surface area is 131 Å². The van der Waals surface area contributed by atoms with Gasteiger partial charge in [0.25, 0.3) is 0 Å². The van der Waals surface area contributed by atoms with Gasteiger partial charge in [-0.3, -0.25) is 4.79 Å². The molecule has 2 heterocycles. The number of aromatic nitrogens is 4. The average molecular weight is 303 g/mol. The average Bonchev–Trinajstić information content (AvgIpc) is 2.95. The van der Waals surface area contributed by atoms with Gasteiger partial charge in [-0.25, -0.2) is 9.67 Å². The van der Waals surface area contributed by atoms with Gasteiger partial charge in [-0.2, -0.15) is 5.10 Å². The number of nitrogens with zero attached hydrogens (tertiary/aromatic N) is 4. The summed E-state index contributed by atoms with van der Waals surface area (Å²) < 4.78 is 3.72. The largest absolute Gasteiger partial charge is 0.325 e. The van der Waals surface area contributed by atoms with E-state index in [2.05, 4.69) is 50.0 Å². The van der Waals surface area contributed by atoms with Gasteiger partial charge in [0.15, 0.2) is 0 Å². The van der Waals surface area contributed by atoms with Crippen LogP contribution >= 0.6 is 0 Å². The predicted octanol–water partition coefficient (Wildman–Crippen LogP) is 2.91. The van der Waals surface area contributed by atoms with Crippen LogP contribution in [0.1, 0.15) is 52.1 Å². The van der Waals surface area contributed by atoms with Gasteiger partial charge in [0.1, 0.15) is 18.2 Å². The third kappa shape index (κ3) is 3.55. The van der Waals surface area contributed by atoms with E-state index in [1.165, 1.54) is 0 Å². The molecule has 0 atom stereocenters. The van der Waals surface area contributed by atoms with Gasteiger partial charge in [0.2, 0.25) is 5.91 Å². The molecule has 0 saturated heterocycles. The monoisotopic (exact) mass is 303 g/mol. The van der Waals surface area contributed by atoms with Crippen molar-refractivity contribution in [1.82, 2.24) is 19.3 Å². The standard InChI is InChI=1S/C16H25N5O/c1-11(2)15-17-7-8-20(15)10-14(22)18-13-9-12(3)19-21(13)16(4,5)6/h7-9,11H,10H2,1-6H3,(H,18,22). The lowest BCUT2D eigenvalue weighted by Gasteiger charge is -2.22. The molecule has 2 rings (SSSR count). The second-order valence-electron chi connectivity index (χ2n) is 6.87. The molecule has 0 fully saturated rings. The lowest BCUT2D eigenvalue weighted by atomic mass is 10.1. The number of aryl methyl sites for hydroxylation is 1. The minimum Gasteiger partial charge on any atom is -0.325 e. The third-order valence-corrected chi connectivity index (χ3v) is 3.31. The lowest BCUT2D eigenvalue weighted by molar-refractivity contribution is -0.116. The van der Waals surface area contributed by atoms with Crippen LogP contribution < -0.4 is 5.32 Å². The minimum atomic E-state index is -0.186. The summed E-state index contributed by atoms with van der Waals surface area (Å²) >= 11 is 0. The van der Waals surface area contributed by atoms with Crippen LogP contribution in [0.15, 0.2) is 18.5 Å². The van der Waals surface area contributed by atoms with Crippen LogP contribution in [-0.2, 0) is 16.9 Å². The zero-order valence-corrected chi connectivity index (χ0v) is 14.2. The first-order valence-electron chi connectivity index (χ1n) is 7.56. The summed E-state index contributed by atoms with van der Waals surface area (Å²) in [7, 11) is 0. The molecule has 0 unspecified atom stereocenters. The number of amides is 1. The maximum Gasteiger partial charge on any atom is 0.245 e. The molecule has 22 heavy (non-hydrogen) atoms. The maximum atomic E-state index is 12.3. The van der Waals surface area contributed by atoms with Crippen molar-refractivity contribution in [2.45, 2.75) is 59.5 Å². The van der Waals surface area contributed by atoms with Gasteiger partial charge in [-0.1, -0.05) is 13.8 Å². The molecule has 0 radical (unpaired) electrons. The molecular weight excluding hydrogens is 278 g/mol. The number of carbonyl (C=O) groups is 1. The van der Waals surface area contributed by atoms with Crippen molar-refractivity contribution in [2.24, 2.45) is 0 Å². The maximum absolute atomic E-state index is 12.3. The molecule has 0 bridgehead atoms. The number of hydrogen-bond acceptors (Lipinski definition) is 3. The molecule has 120 valence electrons. The van der Waals surface area contributed by atoms with Gasteiger partial charge in [0, 0.05) is 24.4 Å². The third-order valence-electron chi connectivity index (χ3n) is 3.31. The zero-order valence-electron chi connectivity index (χ0n) is 14.2. The Morgan fingerprint density at radius 2 is 2.05 bits per heavy atom. The lowest BCUT2D eigenvalue weighted by Crippen LogP contribution is -2.28. The van der Waals surface area contributed by atoms with E-state index < -0.39 is 0 Å². The van der Waals surface area contributed by atoms with E-state index in [1.54, 1.807) is 6.20 Å². The van der Waals surface area contributed by atoms with Gasteiger partial charge in [-0.15, -0.1) is 0 Å². The van der Waals surface area contributed by atoms with Gasteiger partial charge in [0.05, 0.1) is 11.2 Å². The van der Waals surface area contributed by atoms with Crippen LogP contribution in [0.2, 0.25) is 0 Å². The van der Waals surface area contributed by atoms with E-state index in [1.807, 2.05) is 28.4 Å². The Kier molecular flexibility index (Phi) is 4.39. The molecule has 6 heteroatoms. The van der Waals surface area contributed by atoms with Crippen LogP contribution in [0.3, 0.4) is 0 Å². The molecule has 1 amide bonds. The van der Waals surface area contributed by atoms with Crippen LogP contribution in [0, 0.1) is 6.92 Å². The van der Waals surface area contributed by atoms with E-state index in [4.69, 9.17) is 0 Å². The summed E-state index contributed by atoms with van der Waals surface area (Å²) in [5, 5.41) is 7.42. The Morgan fingerprint density at radius 1 is 1.36 bits per heavy atom. The highest BCUT2D eigenvalue weighted by Gasteiger charge is 2.20. The van der Waals surface area contributed by atoms with Crippen molar-refractivity contribution >= 4 is 11.7 Å². The summed E-state index contributed by atoms with van der Waals surface area (Å²) in [4.78, 5) is 16.6. The van der Waals surface area contributed by atoms with Gasteiger partial charge in [-0.05, 0) is 27.7 Å². The number of nitrogens with one attached hydrogen (secondary N) is 1. The van der Waals surface area contributed by atoms with Crippen molar-refractivity contribution in [3.8, 4) is 0 Å². The summed E-state index contributed by atoms with van der Waals surface area (Å²) in [5.41, 5.74) is 0.699. The Morgan fingerprint density at radius 3 is 2.64 bits per heavy atom. The summed E-state index contributed by atoms with van der Waals surface area (Å²) in [5.74, 6) is 1.84. The molecule has 6 nitrogen and oxygen atoms in total. The number of imidazole rings is 1. The van der Waals surface area contributed by atoms with Crippen LogP contribution in [0.25, 0.3) is 0 Å². The predicted molar refractivity (Wildman–Crippen MR) is 86.9 cm³/mol. The van der Waals surface area contributed by atoms with Crippen molar-refractivity contribution in [3.63, 3.8) is 0 Å². The van der Waals surface area contributed by atoms with Crippen molar-refractivity contribution in [2.75, 3.05) is 5.32 Å². The van der Waals surface area contributed by atoms with E-state index in [-0.39, 0.29) is 23.9 Å². The van der Waals surface area contributed by atoms with Gasteiger partial charge >= 0.3 is 0 Å². The highest BCUT2D eigenvalue weighted by atomic mass is 16.2. The van der Waals surface area contributed by atoms with Crippen molar-refractivity contribution in [1.29, 1.82) is 0 Å².